The topological polar surface area (TPSA) is 77.4 Å². The van der Waals surface area contributed by atoms with Gasteiger partial charge in [0, 0.05) is 13.0 Å². The zero-order chi connectivity index (χ0) is 20.9. The quantitative estimate of drug-likeness (QED) is 0.687. The molecule has 1 saturated heterocycles. The first-order valence-electron chi connectivity index (χ1n) is 10.0. The number of hydrogen-bond acceptors (Lipinski definition) is 6. The molecule has 2 aliphatic heterocycles. The Bertz CT molecular complexity index is 920. The molecule has 2 heterocycles. The van der Waals surface area contributed by atoms with Crippen molar-refractivity contribution < 1.29 is 23.8 Å². The largest absolute Gasteiger partial charge is 0.497 e. The van der Waals surface area contributed by atoms with Crippen LogP contribution in [-0.4, -0.2) is 49.0 Å². The Hall–Kier alpha value is -3.19. The van der Waals surface area contributed by atoms with Gasteiger partial charge in [0.25, 0.3) is 5.91 Å². The Morgan fingerprint density at radius 1 is 1.13 bits per heavy atom. The summed E-state index contributed by atoms with van der Waals surface area (Å²) in [6.45, 7) is 0.182. The molecule has 0 bridgehead atoms. The number of hydrazone groups is 1. The summed E-state index contributed by atoms with van der Waals surface area (Å²) < 4.78 is 15.8. The van der Waals surface area contributed by atoms with E-state index >= 15 is 0 Å². The van der Waals surface area contributed by atoms with Gasteiger partial charge in [0.2, 0.25) is 0 Å². The smallest absolute Gasteiger partial charge is 0.335 e. The molecular weight excluding hydrogens is 384 g/mol. The van der Waals surface area contributed by atoms with Crippen molar-refractivity contribution in [3.63, 3.8) is 0 Å². The Balaban J connectivity index is 1.52. The lowest BCUT2D eigenvalue weighted by Crippen LogP contribution is -2.33. The molecule has 2 aliphatic rings. The van der Waals surface area contributed by atoms with Crippen molar-refractivity contribution in [2.24, 2.45) is 5.10 Å². The fourth-order valence-corrected chi connectivity index (χ4v) is 3.69. The number of hydrogen-bond donors (Lipinski definition) is 0. The number of rotatable bonds is 6. The highest BCUT2D eigenvalue weighted by molar-refractivity contribution is 6.03. The molecule has 156 valence electrons. The van der Waals surface area contributed by atoms with E-state index in [1.807, 2.05) is 54.6 Å². The summed E-state index contributed by atoms with van der Waals surface area (Å²) in [5.74, 6) is -0.120. The van der Waals surface area contributed by atoms with E-state index in [1.54, 1.807) is 7.11 Å². The third kappa shape index (κ3) is 4.36. The third-order valence-corrected chi connectivity index (χ3v) is 5.30. The van der Waals surface area contributed by atoms with Crippen LogP contribution in [0, 0.1) is 0 Å². The zero-order valence-corrected chi connectivity index (χ0v) is 16.8. The van der Waals surface area contributed by atoms with Crippen LogP contribution in [0.5, 0.6) is 5.75 Å². The van der Waals surface area contributed by atoms with Crippen molar-refractivity contribution in [2.75, 3.05) is 20.3 Å². The highest BCUT2D eigenvalue weighted by Gasteiger charge is 2.34. The van der Waals surface area contributed by atoms with Crippen LogP contribution in [0.25, 0.3) is 0 Å². The van der Waals surface area contributed by atoms with Crippen molar-refractivity contribution >= 4 is 17.6 Å². The van der Waals surface area contributed by atoms with Crippen LogP contribution < -0.4 is 4.74 Å². The van der Waals surface area contributed by atoms with Gasteiger partial charge in [-0.2, -0.15) is 5.10 Å². The Kier molecular flexibility index (Phi) is 6.09. The highest BCUT2D eigenvalue weighted by Crippen LogP contribution is 2.33. The minimum atomic E-state index is -0.572. The highest BCUT2D eigenvalue weighted by atomic mass is 16.6. The van der Waals surface area contributed by atoms with Crippen molar-refractivity contribution in [3.8, 4) is 5.75 Å². The predicted molar refractivity (Wildman–Crippen MR) is 110 cm³/mol. The molecule has 0 unspecified atom stereocenters. The molecule has 7 nitrogen and oxygen atoms in total. The van der Waals surface area contributed by atoms with E-state index in [4.69, 9.17) is 14.2 Å². The van der Waals surface area contributed by atoms with Crippen molar-refractivity contribution in [1.29, 1.82) is 0 Å². The molecule has 0 saturated carbocycles. The maximum atomic E-state index is 12.9. The van der Waals surface area contributed by atoms with Crippen LogP contribution in [0.3, 0.4) is 0 Å². The second kappa shape index (κ2) is 9.09. The summed E-state index contributed by atoms with van der Waals surface area (Å²) in [4.78, 5) is 25.0. The fourth-order valence-electron chi connectivity index (χ4n) is 3.69. The lowest BCUT2D eigenvalue weighted by Gasteiger charge is -2.22. The molecule has 7 heteroatoms. The maximum Gasteiger partial charge on any atom is 0.335 e. The van der Waals surface area contributed by atoms with Gasteiger partial charge in [-0.05, 0) is 36.1 Å². The summed E-state index contributed by atoms with van der Waals surface area (Å²) in [5.41, 5.74) is 2.71. The minimum Gasteiger partial charge on any atom is -0.497 e. The molecule has 2 aromatic carbocycles. The SMILES string of the molecule is COc1ccc([C@H]2CC(c3ccccc3)=NN2C(=O)COC(=O)[C@@H]2CCCO2)cc1. The Morgan fingerprint density at radius 3 is 2.57 bits per heavy atom. The lowest BCUT2D eigenvalue weighted by atomic mass is 9.98. The summed E-state index contributed by atoms with van der Waals surface area (Å²) in [6.07, 6.45) is 1.45. The monoisotopic (exact) mass is 408 g/mol. The summed E-state index contributed by atoms with van der Waals surface area (Å²) in [5, 5.41) is 6.00. The summed E-state index contributed by atoms with van der Waals surface area (Å²) in [7, 11) is 1.61. The number of benzene rings is 2. The number of esters is 1. The van der Waals surface area contributed by atoms with Gasteiger partial charge in [-0.1, -0.05) is 42.5 Å². The van der Waals surface area contributed by atoms with Crippen LogP contribution in [0.1, 0.15) is 36.4 Å². The van der Waals surface area contributed by atoms with Crippen LogP contribution in [-0.2, 0) is 19.1 Å². The van der Waals surface area contributed by atoms with Crippen molar-refractivity contribution in [3.05, 3.63) is 65.7 Å². The average molecular weight is 408 g/mol. The van der Waals surface area contributed by atoms with E-state index in [9.17, 15) is 9.59 Å². The van der Waals surface area contributed by atoms with Crippen LogP contribution in [0.4, 0.5) is 0 Å². The third-order valence-electron chi connectivity index (χ3n) is 5.30. The van der Waals surface area contributed by atoms with Crippen molar-refractivity contribution in [1.82, 2.24) is 5.01 Å². The predicted octanol–water partition coefficient (Wildman–Crippen LogP) is 3.10. The second-order valence-corrected chi connectivity index (χ2v) is 7.25. The van der Waals surface area contributed by atoms with Crippen molar-refractivity contribution in [2.45, 2.75) is 31.4 Å². The first kappa shape index (κ1) is 20.1. The van der Waals surface area contributed by atoms with E-state index in [2.05, 4.69) is 5.10 Å². The summed E-state index contributed by atoms with van der Waals surface area (Å²) in [6, 6.07) is 17.0. The molecular formula is C23H24N2O5. The van der Waals surface area contributed by atoms with Gasteiger partial charge in [-0.25, -0.2) is 9.80 Å². The number of methoxy groups -OCH3 is 1. The van der Waals surface area contributed by atoms with Crippen LogP contribution in [0.15, 0.2) is 59.7 Å². The van der Waals surface area contributed by atoms with Gasteiger partial charge in [0.15, 0.2) is 12.7 Å². The molecule has 0 aromatic heterocycles. The molecule has 2 aromatic rings. The van der Waals surface area contributed by atoms with Crippen LogP contribution in [0.2, 0.25) is 0 Å². The van der Waals surface area contributed by atoms with Crippen LogP contribution >= 0.6 is 0 Å². The lowest BCUT2D eigenvalue weighted by molar-refractivity contribution is -0.160. The maximum absolute atomic E-state index is 12.9. The average Bonchev–Trinajstić information content (AvgIpc) is 3.48. The van der Waals surface area contributed by atoms with Gasteiger partial charge in [-0.3, -0.25) is 4.79 Å². The van der Waals surface area contributed by atoms with Gasteiger partial charge in [0.05, 0.1) is 18.9 Å². The molecule has 30 heavy (non-hydrogen) atoms. The standard InChI is InChI=1S/C23H24N2O5/c1-28-18-11-9-17(10-12-18)20-14-19(16-6-3-2-4-7-16)24-25(20)22(26)15-30-23(27)21-8-5-13-29-21/h2-4,6-7,9-12,20-21H,5,8,13-15H2,1H3/t20-,21+/m1/s1. The Labute approximate surface area is 175 Å². The zero-order valence-electron chi connectivity index (χ0n) is 16.8. The van der Waals surface area contributed by atoms with Gasteiger partial charge < -0.3 is 14.2 Å². The molecule has 0 spiro atoms. The molecule has 0 N–H and O–H groups in total. The van der Waals surface area contributed by atoms with E-state index in [0.29, 0.717) is 19.4 Å². The second-order valence-electron chi connectivity index (χ2n) is 7.25. The minimum absolute atomic E-state index is 0.278. The summed E-state index contributed by atoms with van der Waals surface area (Å²) >= 11 is 0. The first-order valence-corrected chi connectivity index (χ1v) is 10.0. The number of carbonyl (C=O) groups is 2. The number of amides is 1. The normalized spacial score (nSPS) is 20.7. The van der Waals surface area contributed by atoms with Gasteiger partial charge in [-0.15, -0.1) is 0 Å². The first-order chi connectivity index (χ1) is 14.7. The van der Waals surface area contributed by atoms with E-state index < -0.39 is 12.1 Å². The molecule has 0 aliphatic carbocycles. The number of ether oxygens (including phenoxy) is 3. The molecule has 2 atom stereocenters. The Morgan fingerprint density at radius 2 is 1.90 bits per heavy atom. The number of carbonyl (C=O) groups excluding carboxylic acids is 2. The van der Waals surface area contributed by atoms with E-state index in [0.717, 1.165) is 29.0 Å². The van der Waals surface area contributed by atoms with Gasteiger partial charge >= 0.3 is 5.97 Å². The van der Waals surface area contributed by atoms with E-state index in [-0.39, 0.29) is 18.6 Å². The van der Waals surface area contributed by atoms with Gasteiger partial charge in [0.1, 0.15) is 5.75 Å². The molecule has 4 rings (SSSR count). The molecule has 1 amide bonds. The number of nitrogens with zero attached hydrogens (tertiary/aromatic N) is 2. The van der Waals surface area contributed by atoms with E-state index in [1.165, 1.54) is 5.01 Å². The molecule has 0 radical (unpaired) electrons. The fraction of sp³-hybridized carbons (Fsp3) is 0.348. The molecule has 1 fully saturated rings.